The van der Waals surface area contributed by atoms with Gasteiger partial charge in [0.1, 0.15) is 0 Å². The molecule has 268 valence electrons. The van der Waals surface area contributed by atoms with E-state index in [0.717, 1.165) is 45.4 Å². The van der Waals surface area contributed by atoms with Crippen LogP contribution in [-0.4, -0.2) is 9.13 Å². The van der Waals surface area contributed by atoms with Crippen molar-refractivity contribution < 1.29 is 13.2 Å². The Kier molecular flexibility index (Phi) is 7.02. The topological polar surface area (TPSA) is 9.86 Å². The summed E-state index contributed by atoms with van der Waals surface area (Å²) in [6.45, 7) is 2.16. The molecule has 0 atom stereocenters. The Balaban J connectivity index is 1.01. The molecule has 56 heavy (non-hydrogen) atoms. The van der Waals surface area contributed by atoms with E-state index in [0.29, 0.717) is 0 Å². The summed E-state index contributed by atoms with van der Waals surface area (Å²) in [5.41, 5.74) is 15.2. The minimum absolute atomic E-state index is 0.125. The number of halogens is 3. The van der Waals surface area contributed by atoms with E-state index in [9.17, 15) is 13.2 Å². The van der Waals surface area contributed by atoms with E-state index in [-0.39, 0.29) is 5.69 Å². The van der Waals surface area contributed by atoms with E-state index in [1.54, 1.807) is 16.7 Å². The molecule has 0 fully saturated rings. The molecule has 0 aliphatic heterocycles. The highest BCUT2D eigenvalue weighted by molar-refractivity contribution is 6.12. The van der Waals surface area contributed by atoms with E-state index in [1.807, 2.05) is 36.4 Å². The van der Waals surface area contributed by atoms with Gasteiger partial charge in [0.25, 0.3) is 0 Å². The van der Waals surface area contributed by atoms with Crippen molar-refractivity contribution in [1.29, 1.82) is 0 Å². The molecule has 11 rings (SSSR count). The van der Waals surface area contributed by atoms with Gasteiger partial charge in [-0.2, -0.15) is 13.2 Å². The molecule has 0 N–H and O–H groups in total. The van der Waals surface area contributed by atoms with Crippen LogP contribution < -0.4 is 0 Å². The summed E-state index contributed by atoms with van der Waals surface area (Å²) >= 11 is 0. The van der Waals surface area contributed by atoms with Crippen molar-refractivity contribution in [2.24, 2.45) is 0 Å². The lowest BCUT2D eigenvalue weighted by Crippen LogP contribution is -2.10. The number of rotatable bonds is 4. The van der Waals surface area contributed by atoms with Crippen LogP contribution in [0.5, 0.6) is 0 Å². The maximum atomic E-state index is 14.2. The first kappa shape index (κ1) is 32.6. The SMILES string of the molecule is Cc1ccccc1-n1c2ccccc2c2cc(-c3ccc4c(c3)-c3cc(-c5ccc6c(c5)c5ccccc5n6-c5ccccc5C(F)(F)F)ccc3C4)ccc21. The van der Waals surface area contributed by atoms with Crippen molar-refractivity contribution in [2.75, 3.05) is 0 Å². The van der Waals surface area contributed by atoms with Crippen LogP contribution in [0.2, 0.25) is 0 Å². The van der Waals surface area contributed by atoms with Gasteiger partial charge in [-0.3, -0.25) is 0 Å². The highest BCUT2D eigenvalue weighted by Crippen LogP contribution is 2.44. The van der Waals surface area contributed by atoms with Crippen LogP contribution in [0, 0.1) is 6.92 Å². The van der Waals surface area contributed by atoms with Gasteiger partial charge in [0.15, 0.2) is 0 Å². The maximum Gasteiger partial charge on any atom is 0.418 e. The second kappa shape index (κ2) is 12.1. The Hall–Kier alpha value is -6.85. The number of benzene rings is 8. The van der Waals surface area contributed by atoms with Gasteiger partial charge in [-0.1, -0.05) is 103 Å². The van der Waals surface area contributed by atoms with Gasteiger partial charge in [0, 0.05) is 27.2 Å². The van der Waals surface area contributed by atoms with Gasteiger partial charge >= 0.3 is 6.18 Å². The monoisotopic (exact) mass is 730 g/mol. The summed E-state index contributed by atoms with van der Waals surface area (Å²) in [5.74, 6) is 0. The summed E-state index contributed by atoms with van der Waals surface area (Å²) in [5, 5.41) is 4.28. The van der Waals surface area contributed by atoms with Gasteiger partial charge < -0.3 is 9.13 Å². The van der Waals surface area contributed by atoms with Crippen LogP contribution >= 0.6 is 0 Å². The molecule has 0 amide bonds. The smallest absolute Gasteiger partial charge is 0.309 e. The minimum Gasteiger partial charge on any atom is -0.309 e. The van der Waals surface area contributed by atoms with E-state index in [2.05, 4.69) is 121 Å². The molecular weight excluding hydrogens is 698 g/mol. The zero-order valence-electron chi connectivity index (χ0n) is 30.4. The summed E-state index contributed by atoms with van der Waals surface area (Å²) in [4.78, 5) is 0. The Labute approximate surface area is 321 Å². The molecule has 5 heteroatoms. The second-order valence-corrected chi connectivity index (χ2v) is 14.9. The lowest BCUT2D eigenvalue weighted by Gasteiger charge is -2.15. The molecule has 2 heterocycles. The molecule has 0 spiro atoms. The summed E-state index contributed by atoms with van der Waals surface area (Å²) < 4.78 is 46.8. The number of fused-ring (bicyclic) bond motifs is 9. The van der Waals surface area contributed by atoms with Crippen LogP contribution in [0.1, 0.15) is 22.3 Å². The molecule has 1 aliphatic carbocycles. The molecule has 0 unspecified atom stereocenters. The zero-order chi connectivity index (χ0) is 37.7. The van der Waals surface area contributed by atoms with Crippen molar-refractivity contribution in [2.45, 2.75) is 19.5 Å². The fourth-order valence-electron chi connectivity index (χ4n) is 9.07. The van der Waals surface area contributed by atoms with Crippen LogP contribution in [0.15, 0.2) is 170 Å². The Morgan fingerprint density at radius 2 is 0.839 bits per heavy atom. The molecule has 2 aromatic heterocycles. The summed E-state index contributed by atoms with van der Waals surface area (Å²) in [6, 6.07) is 57.2. The van der Waals surface area contributed by atoms with Crippen molar-refractivity contribution >= 4 is 43.6 Å². The van der Waals surface area contributed by atoms with E-state index < -0.39 is 11.7 Å². The normalized spacial score (nSPS) is 12.6. The number of aromatic nitrogens is 2. The highest BCUT2D eigenvalue weighted by Gasteiger charge is 2.34. The molecule has 8 aromatic carbocycles. The van der Waals surface area contributed by atoms with E-state index in [1.165, 1.54) is 72.5 Å². The van der Waals surface area contributed by atoms with Crippen molar-refractivity contribution in [3.05, 3.63) is 192 Å². The van der Waals surface area contributed by atoms with Gasteiger partial charge in [0.2, 0.25) is 0 Å². The molecule has 0 saturated heterocycles. The third kappa shape index (κ3) is 4.90. The predicted molar refractivity (Wildman–Crippen MR) is 224 cm³/mol. The standard InChI is InChI=1S/C51H33F3N2/c1-31-10-2-6-14-45(31)55-46-15-7-3-11-38(46)42-29-34(22-24-48(42)55)32-18-20-36-26-37-21-19-33(28-41(37)40(36)27-32)35-23-25-49-43(30-35)39-12-4-8-16-47(39)56(49)50-17-9-5-13-44(50)51(52,53)54/h2-25,27-30H,26H2,1H3. The molecule has 2 nitrogen and oxygen atoms in total. The maximum absolute atomic E-state index is 14.2. The third-order valence-electron chi connectivity index (χ3n) is 11.7. The van der Waals surface area contributed by atoms with Crippen LogP contribution in [-0.2, 0) is 12.6 Å². The van der Waals surface area contributed by atoms with E-state index in [4.69, 9.17) is 0 Å². The van der Waals surface area contributed by atoms with Crippen molar-refractivity contribution in [1.82, 2.24) is 9.13 Å². The van der Waals surface area contributed by atoms with Crippen LogP contribution in [0.25, 0.3) is 88.4 Å². The first-order valence-electron chi connectivity index (χ1n) is 18.9. The molecule has 1 aliphatic rings. The number of hydrogen-bond acceptors (Lipinski definition) is 0. The molecular formula is C51H33F3N2. The highest BCUT2D eigenvalue weighted by atomic mass is 19.4. The first-order chi connectivity index (χ1) is 27.3. The third-order valence-corrected chi connectivity index (χ3v) is 11.7. The quantitative estimate of drug-likeness (QED) is 0.171. The number of para-hydroxylation sites is 4. The van der Waals surface area contributed by atoms with Gasteiger partial charge in [-0.15, -0.1) is 0 Å². The lowest BCUT2D eigenvalue weighted by atomic mass is 9.95. The number of nitrogens with zero attached hydrogens (tertiary/aromatic N) is 2. The average molecular weight is 731 g/mol. The first-order valence-corrected chi connectivity index (χ1v) is 18.9. The fraction of sp³-hybridized carbons (Fsp3) is 0.0588. The zero-order valence-corrected chi connectivity index (χ0v) is 30.4. The number of hydrogen-bond donors (Lipinski definition) is 0. The van der Waals surface area contributed by atoms with Gasteiger partial charge in [-0.25, -0.2) is 0 Å². The van der Waals surface area contributed by atoms with Crippen LogP contribution in [0.4, 0.5) is 13.2 Å². The molecule has 0 bridgehead atoms. The largest absolute Gasteiger partial charge is 0.418 e. The summed E-state index contributed by atoms with van der Waals surface area (Å²) in [6.07, 6.45) is -3.61. The van der Waals surface area contributed by atoms with Gasteiger partial charge in [0.05, 0.1) is 33.3 Å². The number of aryl methyl sites for hydroxylation is 1. The second-order valence-electron chi connectivity index (χ2n) is 14.9. The van der Waals surface area contributed by atoms with Gasteiger partial charge in [-0.05, 0) is 130 Å². The molecule has 10 aromatic rings. The Bertz CT molecular complexity index is 3230. The van der Waals surface area contributed by atoms with Crippen molar-refractivity contribution in [3.63, 3.8) is 0 Å². The average Bonchev–Trinajstić information content (AvgIpc) is 3.87. The van der Waals surface area contributed by atoms with Crippen molar-refractivity contribution in [3.8, 4) is 44.8 Å². The molecule has 0 saturated carbocycles. The molecule has 0 radical (unpaired) electrons. The lowest BCUT2D eigenvalue weighted by molar-refractivity contribution is -0.137. The summed E-state index contributed by atoms with van der Waals surface area (Å²) in [7, 11) is 0. The number of alkyl halides is 3. The van der Waals surface area contributed by atoms with Crippen LogP contribution in [0.3, 0.4) is 0 Å². The minimum atomic E-state index is -4.48. The Morgan fingerprint density at radius 3 is 1.39 bits per heavy atom. The Morgan fingerprint density at radius 1 is 0.411 bits per heavy atom. The fourth-order valence-corrected chi connectivity index (χ4v) is 9.07. The predicted octanol–water partition coefficient (Wildman–Crippen LogP) is 14.1. The van der Waals surface area contributed by atoms with E-state index >= 15 is 0 Å².